The van der Waals surface area contributed by atoms with Gasteiger partial charge in [0.15, 0.2) is 0 Å². The van der Waals surface area contributed by atoms with Gasteiger partial charge in [0, 0.05) is 11.8 Å². The smallest absolute Gasteiger partial charge is 0.308 e. The number of carbonyl (C=O) groups excluding carboxylic acids is 1. The molecule has 1 fully saturated rings. The van der Waals surface area contributed by atoms with Gasteiger partial charge in [-0.2, -0.15) is 0 Å². The molecule has 0 saturated carbocycles. The van der Waals surface area contributed by atoms with Crippen LogP contribution in [0.4, 0.5) is 0 Å². The topological polar surface area (TPSA) is 74.2 Å². The molecule has 1 aromatic carbocycles. The Morgan fingerprint density at radius 2 is 1.96 bits per heavy atom. The van der Waals surface area contributed by atoms with E-state index in [1.54, 1.807) is 7.11 Å². The maximum atomic E-state index is 11.7. The van der Waals surface area contributed by atoms with Crippen LogP contribution in [0.25, 0.3) is 0 Å². The van der Waals surface area contributed by atoms with Crippen molar-refractivity contribution in [3.8, 4) is 5.75 Å². The third-order valence-corrected chi connectivity index (χ3v) is 5.74. The minimum absolute atomic E-state index is 0.0132. The summed E-state index contributed by atoms with van der Waals surface area (Å²) in [5, 5.41) is 10.6. The highest BCUT2D eigenvalue weighted by Crippen LogP contribution is 2.39. The zero-order valence-corrected chi connectivity index (χ0v) is 17.6. The molecule has 6 heteroatoms. The van der Waals surface area contributed by atoms with Crippen molar-refractivity contribution < 1.29 is 28.8 Å². The first-order chi connectivity index (χ1) is 13.3. The number of aliphatic hydroxyl groups is 1. The highest BCUT2D eigenvalue weighted by atomic mass is 16.5. The van der Waals surface area contributed by atoms with Crippen molar-refractivity contribution >= 4 is 5.97 Å². The molecule has 4 atom stereocenters. The first-order valence-corrected chi connectivity index (χ1v) is 9.95. The largest absolute Gasteiger partial charge is 0.497 e. The quantitative estimate of drug-likeness (QED) is 0.647. The molecule has 1 aliphatic heterocycles. The zero-order valence-electron chi connectivity index (χ0n) is 17.6. The number of hydrogen-bond donors (Lipinski definition) is 1. The summed E-state index contributed by atoms with van der Waals surface area (Å²) in [5.74, 6) is 0.494. The van der Waals surface area contributed by atoms with Crippen LogP contribution in [0.5, 0.6) is 5.75 Å². The van der Waals surface area contributed by atoms with Crippen LogP contribution >= 0.6 is 0 Å². The second-order valence-corrected chi connectivity index (χ2v) is 8.02. The van der Waals surface area contributed by atoms with Gasteiger partial charge in [0.2, 0.25) is 0 Å². The average Bonchev–Trinajstić information content (AvgIpc) is 2.69. The highest BCUT2D eigenvalue weighted by Gasteiger charge is 2.45. The first kappa shape index (κ1) is 22.7. The van der Waals surface area contributed by atoms with Crippen LogP contribution in [0.15, 0.2) is 24.3 Å². The Morgan fingerprint density at radius 1 is 1.29 bits per heavy atom. The lowest BCUT2D eigenvalue weighted by molar-refractivity contribution is -0.190. The summed E-state index contributed by atoms with van der Waals surface area (Å²) in [6, 6.07) is 7.81. The van der Waals surface area contributed by atoms with E-state index in [2.05, 4.69) is 6.92 Å². The molecule has 0 unspecified atom stereocenters. The van der Waals surface area contributed by atoms with Gasteiger partial charge in [-0.3, -0.25) is 4.79 Å². The molecule has 1 N–H and O–H groups in total. The van der Waals surface area contributed by atoms with E-state index in [1.165, 1.54) is 7.11 Å². The third-order valence-electron chi connectivity index (χ3n) is 5.74. The van der Waals surface area contributed by atoms with Crippen LogP contribution in [0.3, 0.4) is 0 Å². The molecule has 0 bridgehead atoms. The normalized spacial score (nSPS) is 25.1. The standard InChI is InChI=1S/C22H34O6/c1-6-16(27-14-15-7-9-17(25-4)10-8-15)11-18-12-19(23)22(2,3)20(28-18)13-21(24)26-5/h7-10,16,18-20,23H,6,11-14H2,1-5H3/t16-,18-,19+,20+/m1/s1. The highest BCUT2D eigenvalue weighted by molar-refractivity contribution is 5.69. The van der Waals surface area contributed by atoms with Gasteiger partial charge in [0.25, 0.3) is 0 Å². The summed E-state index contributed by atoms with van der Waals surface area (Å²) in [5.41, 5.74) is 0.574. The molecule has 0 aromatic heterocycles. The number of ether oxygens (including phenoxy) is 4. The van der Waals surface area contributed by atoms with Crippen molar-refractivity contribution in [2.75, 3.05) is 14.2 Å². The summed E-state index contributed by atoms with van der Waals surface area (Å²) in [4.78, 5) is 11.7. The lowest BCUT2D eigenvalue weighted by atomic mass is 9.74. The van der Waals surface area contributed by atoms with Crippen molar-refractivity contribution in [1.82, 2.24) is 0 Å². The van der Waals surface area contributed by atoms with E-state index in [9.17, 15) is 9.90 Å². The summed E-state index contributed by atoms with van der Waals surface area (Å²) in [6.07, 6.45) is 1.13. The van der Waals surface area contributed by atoms with Crippen LogP contribution in [0.1, 0.15) is 52.0 Å². The molecular formula is C22H34O6. The molecule has 0 aliphatic carbocycles. The van der Waals surface area contributed by atoms with Gasteiger partial charge in [-0.05, 0) is 30.5 Å². The Hall–Kier alpha value is -1.63. The fraction of sp³-hybridized carbons (Fsp3) is 0.682. The average molecular weight is 395 g/mol. The molecule has 158 valence electrons. The molecule has 1 heterocycles. The predicted molar refractivity (Wildman–Crippen MR) is 106 cm³/mol. The van der Waals surface area contributed by atoms with Crippen molar-refractivity contribution in [2.24, 2.45) is 5.41 Å². The Balaban J connectivity index is 1.93. The zero-order chi connectivity index (χ0) is 20.7. The van der Waals surface area contributed by atoms with Gasteiger partial charge >= 0.3 is 5.97 Å². The van der Waals surface area contributed by atoms with Crippen molar-refractivity contribution in [1.29, 1.82) is 0 Å². The van der Waals surface area contributed by atoms with Gasteiger partial charge in [-0.15, -0.1) is 0 Å². The van der Waals surface area contributed by atoms with Crippen LogP contribution in [-0.2, 0) is 25.6 Å². The molecular weight excluding hydrogens is 360 g/mol. The second-order valence-electron chi connectivity index (χ2n) is 8.02. The molecule has 1 aliphatic rings. The Bertz CT molecular complexity index is 612. The lowest BCUT2D eigenvalue weighted by Gasteiger charge is -2.46. The first-order valence-electron chi connectivity index (χ1n) is 9.95. The molecule has 2 rings (SSSR count). The minimum Gasteiger partial charge on any atom is -0.497 e. The summed E-state index contributed by atoms with van der Waals surface area (Å²) in [7, 11) is 3.01. The molecule has 6 nitrogen and oxygen atoms in total. The molecule has 0 spiro atoms. The van der Waals surface area contributed by atoms with Gasteiger partial charge < -0.3 is 24.1 Å². The van der Waals surface area contributed by atoms with E-state index in [-0.39, 0.29) is 30.7 Å². The Kier molecular flexibility index (Phi) is 8.28. The van der Waals surface area contributed by atoms with Crippen LogP contribution < -0.4 is 4.74 Å². The molecule has 28 heavy (non-hydrogen) atoms. The molecule has 1 saturated heterocycles. The van der Waals surface area contributed by atoms with Crippen LogP contribution in [-0.4, -0.2) is 49.7 Å². The van der Waals surface area contributed by atoms with Gasteiger partial charge in [-0.25, -0.2) is 0 Å². The van der Waals surface area contributed by atoms with Gasteiger partial charge in [0.05, 0.1) is 51.7 Å². The van der Waals surface area contributed by atoms with Crippen LogP contribution in [0, 0.1) is 5.41 Å². The number of carbonyl (C=O) groups is 1. The SMILES string of the molecule is CC[C@H](C[C@@H]1C[C@H](O)C(C)(C)[C@H](CC(=O)OC)O1)OCc1ccc(OC)cc1. The minimum atomic E-state index is -0.542. The third kappa shape index (κ3) is 5.93. The molecule has 0 amide bonds. The molecule has 1 aromatic rings. The van der Waals surface area contributed by atoms with Crippen molar-refractivity contribution in [3.63, 3.8) is 0 Å². The van der Waals surface area contributed by atoms with E-state index in [0.717, 1.165) is 17.7 Å². The van der Waals surface area contributed by atoms with Crippen LogP contribution in [0.2, 0.25) is 0 Å². The summed E-state index contributed by atoms with van der Waals surface area (Å²) in [6.45, 7) is 6.45. The maximum Gasteiger partial charge on any atom is 0.308 e. The predicted octanol–water partition coefficient (Wildman–Crippen LogP) is 3.49. The second kappa shape index (κ2) is 10.2. The lowest BCUT2D eigenvalue weighted by Crippen LogP contribution is -2.51. The number of benzene rings is 1. The number of aliphatic hydroxyl groups excluding tert-OH is 1. The summed E-state index contributed by atoms with van der Waals surface area (Å²) < 4.78 is 22.2. The van der Waals surface area contributed by atoms with E-state index in [4.69, 9.17) is 18.9 Å². The monoisotopic (exact) mass is 394 g/mol. The number of methoxy groups -OCH3 is 2. The van der Waals surface area contributed by atoms with E-state index >= 15 is 0 Å². The fourth-order valence-electron chi connectivity index (χ4n) is 3.51. The molecule has 0 radical (unpaired) electrons. The van der Waals surface area contributed by atoms with Crippen molar-refractivity contribution in [3.05, 3.63) is 29.8 Å². The van der Waals surface area contributed by atoms with E-state index in [1.807, 2.05) is 38.1 Å². The van der Waals surface area contributed by atoms with Crippen molar-refractivity contribution in [2.45, 2.75) is 77.5 Å². The number of hydrogen-bond acceptors (Lipinski definition) is 6. The Labute approximate surface area is 168 Å². The number of rotatable bonds is 9. The number of esters is 1. The summed E-state index contributed by atoms with van der Waals surface area (Å²) >= 11 is 0. The van der Waals surface area contributed by atoms with Gasteiger partial charge in [-0.1, -0.05) is 32.9 Å². The maximum absolute atomic E-state index is 11.7. The van der Waals surface area contributed by atoms with E-state index in [0.29, 0.717) is 19.4 Å². The van der Waals surface area contributed by atoms with Gasteiger partial charge in [0.1, 0.15) is 5.75 Å². The van der Waals surface area contributed by atoms with E-state index < -0.39 is 11.5 Å². The Morgan fingerprint density at radius 3 is 2.54 bits per heavy atom. The fourth-order valence-corrected chi connectivity index (χ4v) is 3.51.